The van der Waals surface area contributed by atoms with Crippen molar-refractivity contribution in [2.75, 3.05) is 71.5 Å². The summed E-state index contributed by atoms with van der Waals surface area (Å²) in [5.41, 5.74) is 0.571. The Morgan fingerprint density at radius 2 is 2.09 bits per heavy atom. The normalized spacial score (nSPS) is 14.1. The molecule has 2 aromatic heterocycles. The third-order valence-corrected chi connectivity index (χ3v) is 5.72. The van der Waals surface area contributed by atoms with Crippen molar-refractivity contribution in [1.29, 1.82) is 0 Å². The van der Waals surface area contributed by atoms with Crippen LogP contribution in [0.15, 0.2) is 28.2 Å². The molecule has 12 heteroatoms. The van der Waals surface area contributed by atoms with Gasteiger partial charge in [0.05, 0.1) is 38.2 Å². The van der Waals surface area contributed by atoms with E-state index in [2.05, 4.69) is 20.5 Å². The summed E-state index contributed by atoms with van der Waals surface area (Å²) in [7, 11) is 1.52. The van der Waals surface area contributed by atoms with Crippen molar-refractivity contribution in [3.05, 3.63) is 35.2 Å². The highest BCUT2D eigenvalue weighted by atomic mass is 32.1. The van der Waals surface area contributed by atoms with E-state index in [0.29, 0.717) is 17.4 Å². The molecular weight excluding hydrogens is 450 g/mol. The van der Waals surface area contributed by atoms with Gasteiger partial charge in [-0.3, -0.25) is 19.3 Å². The SMILES string of the molecule is COCCN(CC(=O)Nc1nc(CC(=O)NCCN2CCOCC2)cs1)C(=O)c1ccco1. The molecule has 1 fully saturated rings. The number of anilines is 1. The number of carbonyl (C=O) groups is 3. The zero-order chi connectivity index (χ0) is 23.5. The maximum absolute atomic E-state index is 12.5. The number of hydrogen-bond acceptors (Lipinski definition) is 9. The van der Waals surface area contributed by atoms with E-state index >= 15 is 0 Å². The Hall–Kier alpha value is -2.80. The fourth-order valence-electron chi connectivity index (χ4n) is 3.19. The third kappa shape index (κ3) is 8.24. The van der Waals surface area contributed by atoms with E-state index in [9.17, 15) is 14.4 Å². The number of amides is 3. The summed E-state index contributed by atoms with van der Waals surface area (Å²) in [6, 6.07) is 3.15. The van der Waals surface area contributed by atoms with Crippen LogP contribution in [0.1, 0.15) is 16.2 Å². The summed E-state index contributed by atoms with van der Waals surface area (Å²) in [5.74, 6) is -0.779. The van der Waals surface area contributed by atoms with Crippen LogP contribution in [-0.4, -0.2) is 98.7 Å². The first-order chi connectivity index (χ1) is 16.0. The summed E-state index contributed by atoms with van der Waals surface area (Å²) < 4.78 is 15.5. The molecule has 1 aliphatic rings. The Bertz CT molecular complexity index is 897. The molecule has 3 rings (SSSR count). The lowest BCUT2D eigenvalue weighted by Crippen LogP contribution is -2.41. The Balaban J connectivity index is 1.43. The zero-order valence-electron chi connectivity index (χ0n) is 18.6. The summed E-state index contributed by atoms with van der Waals surface area (Å²) in [6.07, 6.45) is 1.53. The predicted molar refractivity (Wildman–Crippen MR) is 121 cm³/mol. The number of hydrogen-bond donors (Lipinski definition) is 2. The molecule has 1 saturated heterocycles. The number of nitrogens with zero attached hydrogens (tertiary/aromatic N) is 3. The van der Waals surface area contributed by atoms with Gasteiger partial charge >= 0.3 is 0 Å². The molecule has 33 heavy (non-hydrogen) atoms. The number of thiazole rings is 1. The molecular formula is C21H29N5O6S. The minimum atomic E-state index is -0.402. The lowest BCUT2D eigenvalue weighted by molar-refractivity contribution is -0.120. The number of aromatic nitrogens is 1. The van der Waals surface area contributed by atoms with Crippen molar-refractivity contribution in [3.63, 3.8) is 0 Å². The van der Waals surface area contributed by atoms with Crippen molar-refractivity contribution in [2.45, 2.75) is 6.42 Å². The standard InChI is InChI=1S/C21H29N5O6S/c1-30-10-8-26(20(29)17-3-2-9-32-17)14-19(28)24-21-23-16(15-33-21)13-18(27)22-4-5-25-6-11-31-12-7-25/h2-3,9,15H,4-8,10-14H2,1H3,(H,22,27)(H,23,24,28). The van der Waals surface area contributed by atoms with E-state index in [0.717, 1.165) is 32.8 Å². The minimum Gasteiger partial charge on any atom is -0.459 e. The molecule has 0 bridgehead atoms. The predicted octanol–water partition coefficient (Wildman–Crippen LogP) is 0.454. The molecule has 0 aliphatic carbocycles. The van der Waals surface area contributed by atoms with Crippen molar-refractivity contribution in [1.82, 2.24) is 20.1 Å². The molecule has 3 heterocycles. The first kappa shape index (κ1) is 24.8. The fourth-order valence-corrected chi connectivity index (χ4v) is 3.92. The molecule has 0 aromatic carbocycles. The lowest BCUT2D eigenvalue weighted by Gasteiger charge is -2.26. The smallest absolute Gasteiger partial charge is 0.290 e. The van der Waals surface area contributed by atoms with E-state index < -0.39 is 11.8 Å². The monoisotopic (exact) mass is 479 g/mol. The molecule has 0 radical (unpaired) electrons. The molecule has 0 unspecified atom stereocenters. The number of nitrogens with one attached hydrogen (secondary N) is 2. The third-order valence-electron chi connectivity index (χ3n) is 4.91. The van der Waals surface area contributed by atoms with Gasteiger partial charge in [-0.05, 0) is 12.1 Å². The van der Waals surface area contributed by atoms with E-state index in [-0.39, 0.29) is 37.8 Å². The van der Waals surface area contributed by atoms with Crippen molar-refractivity contribution in [3.8, 4) is 0 Å². The van der Waals surface area contributed by atoms with Crippen LogP contribution in [0.4, 0.5) is 5.13 Å². The number of morpholine rings is 1. The van der Waals surface area contributed by atoms with E-state index in [1.54, 1.807) is 17.5 Å². The van der Waals surface area contributed by atoms with Gasteiger partial charge in [0.25, 0.3) is 5.91 Å². The van der Waals surface area contributed by atoms with Crippen molar-refractivity contribution < 1.29 is 28.3 Å². The van der Waals surface area contributed by atoms with Gasteiger partial charge in [0.15, 0.2) is 10.9 Å². The topological polar surface area (TPSA) is 126 Å². The Morgan fingerprint density at radius 3 is 2.82 bits per heavy atom. The zero-order valence-corrected chi connectivity index (χ0v) is 19.4. The molecule has 1 aliphatic heterocycles. The van der Waals surface area contributed by atoms with Crippen LogP contribution < -0.4 is 10.6 Å². The van der Waals surface area contributed by atoms with Gasteiger partial charge in [0, 0.05) is 45.2 Å². The molecule has 2 N–H and O–H groups in total. The van der Waals surface area contributed by atoms with Gasteiger partial charge in [-0.15, -0.1) is 11.3 Å². The summed E-state index contributed by atoms with van der Waals surface area (Å²) >= 11 is 1.23. The molecule has 2 aromatic rings. The number of furan rings is 1. The van der Waals surface area contributed by atoms with E-state index in [1.165, 1.54) is 29.6 Å². The molecule has 0 saturated carbocycles. The van der Waals surface area contributed by atoms with Gasteiger partial charge in [-0.25, -0.2) is 4.98 Å². The minimum absolute atomic E-state index is 0.124. The van der Waals surface area contributed by atoms with Crippen LogP contribution in [0, 0.1) is 0 Å². The number of carbonyl (C=O) groups excluding carboxylic acids is 3. The van der Waals surface area contributed by atoms with Gasteiger partial charge in [0.1, 0.15) is 6.54 Å². The summed E-state index contributed by atoms with van der Waals surface area (Å²) in [4.78, 5) is 45.1. The number of ether oxygens (including phenoxy) is 2. The maximum Gasteiger partial charge on any atom is 0.290 e. The first-order valence-electron chi connectivity index (χ1n) is 10.7. The van der Waals surface area contributed by atoms with E-state index in [4.69, 9.17) is 13.9 Å². The average Bonchev–Trinajstić information content (AvgIpc) is 3.49. The van der Waals surface area contributed by atoms with Crippen LogP contribution in [0.5, 0.6) is 0 Å². The first-order valence-corrected chi connectivity index (χ1v) is 11.6. The highest BCUT2D eigenvalue weighted by molar-refractivity contribution is 7.13. The average molecular weight is 480 g/mol. The second-order valence-corrected chi connectivity index (χ2v) is 8.23. The molecule has 0 spiro atoms. The maximum atomic E-state index is 12.5. The van der Waals surface area contributed by atoms with Crippen LogP contribution in [0.25, 0.3) is 0 Å². The van der Waals surface area contributed by atoms with Crippen molar-refractivity contribution >= 4 is 34.2 Å². The Labute approximate surface area is 196 Å². The van der Waals surface area contributed by atoms with Crippen LogP contribution in [0.2, 0.25) is 0 Å². The van der Waals surface area contributed by atoms with Crippen LogP contribution >= 0.6 is 11.3 Å². The quantitative estimate of drug-likeness (QED) is 0.450. The van der Waals surface area contributed by atoms with Crippen LogP contribution in [0.3, 0.4) is 0 Å². The van der Waals surface area contributed by atoms with Crippen LogP contribution in [-0.2, 0) is 25.5 Å². The molecule has 180 valence electrons. The number of rotatable bonds is 12. The van der Waals surface area contributed by atoms with E-state index in [1.807, 2.05) is 0 Å². The molecule has 3 amide bonds. The highest BCUT2D eigenvalue weighted by Crippen LogP contribution is 2.16. The second-order valence-electron chi connectivity index (χ2n) is 7.37. The van der Waals surface area contributed by atoms with Gasteiger partial charge in [0.2, 0.25) is 11.8 Å². The fraction of sp³-hybridized carbons (Fsp3) is 0.524. The Morgan fingerprint density at radius 1 is 1.27 bits per heavy atom. The van der Waals surface area contributed by atoms with Gasteiger partial charge in [-0.1, -0.05) is 0 Å². The summed E-state index contributed by atoms with van der Waals surface area (Å²) in [6.45, 7) is 4.88. The van der Waals surface area contributed by atoms with Gasteiger partial charge in [-0.2, -0.15) is 0 Å². The Kier molecular flexibility index (Phi) is 9.81. The number of methoxy groups -OCH3 is 1. The molecule has 0 atom stereocenters. The van der Waals surface area contributed by atoms with Gasteiger partial charge < -0.3 is 29.4 Å². The second kappa shape index (κ2) is 13.0. The lowest BCUT2D eigenvalue weighted by atomic mass is 10.3. The summed E-state index contributed by atoms with van der Waals surface area (Å²) in [5, 5.41) is 7.67. The molecule has 11 nitrogen and oxygen atoms in total. The highest BCUT2D eigenvalue weighted by Gasteiger charge is 2.21. The largest absolute Gasteiger partial charge is 0.459 e. The van der Waals surface area contributed by atoms with Crippen molar-refractivity contribution in [2.24, 2.45) is 0 Å².